The quantitative estimate of drug-likeness (QED) is 0.791. The topological polar surface area (TPSA) is 65.3 Å². The van der Waals surface area contributed by atoms with Gasteiger partial charge in [0.2, 0.25) is 0 Å². The Morgan fingerprint density at radius 2 is 2.07 bits per heavy atom. The van der Waals surface area contributed by atoms with Crippen LogP contribution in [-0.2, 0) is 4.74 Å². The molecule has 2 heterocycles. The van der Waals surface area contributed by atoms with Gasteiger partial charge in [-0.25, -0.2) is 5.32 Å². The molecule has 0 bridgehead atoms. The molecule has 29 heavy (non-hydrogen) atoms. The summed E-state index contributed by atoms with van der Waals surface area (Å²) in [7, 11) is 1.69. The smallest absolute Gasteiger partial charge is 0.161 e. The van der Waals surface area contributed by atoms with Gasteiger partial charge in [0.25, 0.3) is 0 Å². The van der Waals surface area contributed by atoms with E-state index in [2.05, 4.69) is 24.0 Å². The molecule has 1 saturated carbocycles. The first-order valence-corrected chi connectivity index (χ1v) is 11.0. The molecule has 1 N–H and O–H groups in total. The average molecular weight is 404 g/mol. The molecule has 0 spiro atoms. The van der Waals surface area contributed by atoms with Crippen molar-refractivity contribution in [2.45, 2.75) is 63.8 Å². The van der Waals surface area contributed by atoms with E-state index in [0.29, 0.717) is 13.2 Å². The first-order chi connectivity index (χ1) is 14.0. The Morgan fingerprint density at radius 1 is 1.28 bits per heavy atom. The average Bonchev–Trinajstić information content (AvgIpc) is 3.37. The van der Waals surface area contributed by atoms with E-state index in [1.807, 2.05) is 13.0 Å². The molecule has 161 valence electrons. The lowest BCUT2D eigenvalue weighted by atomic mass is 9.72. The van der Waals surface area contributed by atoms with Crippen LogP contribution in [0, 0.1) is 5.41 Å². The van der Waals surface area contributed by atoms with Gasteiger partial charge in [-0.05, 0) is 50.3 Å². The normalized spacial score (nSPS) is 32.4. The summed E-state index contributed by atoms with van der Waals surface area (Å²) < 4.78 is 17.6. The van der Waals surface area contributed by atoms with Crippen LogP contribution in [-0.4, -0.2) is 68.3 Å². The number of ether oxygens (including phenoxy) is 3. The van der Waals surface area contributed by atoms with Crippen molar-refractivity contribution in [3.05, 3.63) is 23.8 Å². The molecule has 4 rings (SSSR count). The second-order valence-electron chi connectivity index (χ2n) is 9.06. The fourth-order valence-corrected chi connectivity index (χ4v) is 5.11. The van der Waals surface area contributed by atoms with Gasteiger partial charge in [0, 0.05) is 31.0 Å². The van der Waals surface area contributed by atoms with E-state index in [1.54, 1.807) is 7.11 Å². The first-order valence-electron chi connectivity index (χ1n) is 11.0. The van der Waals surface area contributed by atoms with Gasteiger partial charge >= 0.3 is 0 Å². The number of rotatable bonds is 6. The molecule has 3 aliphatic rings. The predicted molar refractivity (Wildman–Crippen MR) is 112 cm³/mol. The van der Waals surface area contributed by atoms with Crippen molar-refractivity contribution in [2.24, 2.45) is 5.41 Å². The van der Waals surface area contributed by atoms with Crippen LogP contribution in [0.25, 0.3) is 0 Å². The minimum Gasteiger partial charge on any atom is -0.493 e. The summed E-state index contributed by atoms with van der Waals surface area (Å²) in [4.78, 5) is 2.37. The number of hydrogen-bond acceptors (Lipinski definition) is 5. The lowest BCUT2D eigenvalue weighted by molar-refractivity contribution is 0.000815. The van der Waals surface area contributed by atoms with Crippen LogP contribution in [0.3, 0.4) is 0 Å². The lowest BCUT2D eigenvalue weighted by Crippen LogP contribution is -2.49. The molecule has 3 fully saturated rings. The molecule has 6 nitrogen and oxygen atoms in total. The van der Waals surface area contributed by atoms with Crippen molar-refractivity contribution < 1.29 is 19.3 Å². The molecule has 4 atom stereocenters. The van der Waals surface area contributed by atoms with E-state index in [1.165, 1.54) is 18.4 Å². The summed E-state index contributed by atoms with van der Waals surface area (Å²) in [5.41, 5.74) is 0.938. The summed E-state index contributed by atoms with van der Waals surface area (Å²) in [6, 6.07) is 6.28. The number of likely N-dealkylation sites (tertiary alicyclic amines) is 1. The summed E-state index contributed by atoms with van der Waals surface area (Å²) in [5.74, 6) is 1.80. The standard InChI is InChI=1S/C23H35N2O4/c1-16(26)23(2)15-25(22-14-28-11-10-24-22)13-19(23)17-8-9-20(27-3)21(12-17)29-18-6-4-5-7-18/h8-9,12,16,18-19,22,26H,4-7,10-11,13-15H2,1-3H3/t16-,19+,22?,23+/m1/s1. The molecule has 2 aliphatic heterocycles. The van der Waals surface area contributed by atoms with Gasteiger partial charge in [0.15, 0.2) is 11.5 Å². The van der Waals surface area contributed by atoms with E-state index in [-0.39, 0.29) is 23.6 Å². The Bertz CT molecular complexity index is 685. The molecule has 1 aromatic carbocycles. The number of aliphatic hydroxyl groups is 1. The van der Waals surface area contributed by atoms with Gasteiger partial charge in [-0.3, -0.25) is 4.90 Å². The van der Waals surface area contributed by atoms with Crippen LogP contribution >= 0.6 is 0 Å². The molecule has 1 radical (unpaired) electrons. The molecule has 0 amide bonds. The Morgan fingerprint density at radius 3 is 2.72 bits per heavy atom. The van der Waals surface area contributed by atoms with Gasteiger partial charge in [-0.15, -0.1) is 0 Å². The Hall–Kier alpha value is -1.34. The maximum absolute atomic E-state index is 10.7. The Kier molecular flexibility index (Phi) is 6.35. The largest absolute Gasteiger partial charge is 0.493 e. The number of nitrogens with zero attached hydrogens (tertiary/aromatic N) is 2. The number of methoxy groups -OCH3 is 1. The summed E-state index contributed by atoms with van der Waals surface area (Å²) in [6.07, 6.45) is 4.62. The van der Waals surface area contributed by atoms with Gasteiger partial charge in [0.05, 0.1) is 38.7 Å². The first kappa shape index (κ1) is 20.9. The van der Waals surface area contributed by atoms with Crippen LogP contribution in [0.5, 0.6) is 11.5 Å². The highest BCUT2D eigenvalue weighted by atomic mass is 16.5. The van der Waals surface area contributed by atoms with E-state index < -0.39 is 6.10 Å². The van der Waals surface area contributed by atoms with Crippen LogP contribution in [0.2, 0.25) is 0 Å². The zero-order valence-corrected chi connectivity index (χ0v) is 18.0. The monoisotopic (exact) mass is 403 g/mol. The van der Waals surface area contributed by atoms with Crippen molar-refractivity contribution in [1.82, 2.24) is 10.2 Å². The zero-order chi connectivity index (χ0) is 20.4. The second-order valence-corrected chi connectivity index (χ2v) is 9.06. The lowest BCUT2D eigenvalue weighted by Gasteiger charge is -2.35. The highest BCUT2D eigenvalue weighted by Gasteiger charge is 2.49. The van der Waals surface area contributed by atoms with E-state index in [4.69, 9.17) is 19.5 Å². The summed E-state index contributed by atoms with van der Waals surface area (Å²) in [5, 5.41) is 15.5. The molecule has 2 saturated heterocycles. The highest BCUT2D eigenvalue weighted by Crippen LogP contribution is 2.47. The fraction of sp³-hybridized carbons (Fsp3) is 0.739. The fourth-order valence-electron chi connectivity index (χ4n) is 5.11. The number of benzene rings is 1. The molecule has 1 aliphatic carbocycles. The summed E-state index contributed by atoms with van der Waals surface area (Å²) >= 11 is 0. The molecular weight excluding hydrogens is 368 g/mol. The van der Waals surface area contributed by atoms with Crippen molar-refractivity contribution in [3.8, 4) is 11.5 Å². The molecular formula is C23H35N2O4. The van der Waals surface area contributed by atoms with Gasteiger partial charge < -0.3 is 19.3 Å². The van der Waals surface area contributed by atoms with Gasteiger partial charge in [0.1, 0.15) is 0 Å². The number of morpholine rings is 1. The minimum atomic E-state index is -0.427. The van der Waals surface area contributed by atoms with E-state index in [9.17, 15) is 5.11 Å². The van der Waals surface area contributed by atoms with E-state index in [0.717, 1.165) is 44.0 Å². The molecule has 6 heteroatoms. The van der Waals surface area contributed by atoms with Gasteiger partial charge in [-0.1, -0.05) is 13.0 Å². The number of aliphatic hydroxyl groups excluding tert-OH is 1. The van der Waals surface area contributed by atoms with Crippen LogP contribution in [0.1, 0.15) is 51.0 Å². The number of hydrogen-bond donors (Lipinski definition) is 1. The van der Waals surface area contributed by atoms with Crippen LogP contribution in [0.15, 0.2) is 18.2 Å². The molecule has 1 unspecified atom stereocenters. The molecule has 0 aromatic heterocycles. The third kappa shape index (κ3) is 4.26. The maximum atomic E-state index is 10.7. The predicted octanol–water partition coefficient (Wildman–Crippen LogP) is 2.76. The van der Waals surface area contributed by atoms with Crippen molar-refractivity contribution >= 4 is 0 Å². The summed E-state index contributed by atoms with van der Waals surface area (Å²) in [6.45, 7) is 7.85. The van der Waals surface area contributed by atoms with E-state index >= 15 is 0 Å². The van der Waals surface area contributed by atoms with Crippen LogP contribution in [0.4, 0.5) is 0 Å². The SMILES string of the molecule is COc1ccc([C@@H]2CN(C3COCC[N]3)C[C@@]2(C)[C@@H](C)O)cc1OC1CCCC1. The minimum absolute atomic E-state index is 0.0827. The Balaban J connectivity index is 1.60. The van der Waals surface area contributed by atoms with Gasteiger partial charge in [-0.2, -0.15) is 0 Å². The van der Waals surface area contributed by atoms with Crippen LogP contribution < -0.4 is 14.8 Å². The Labute approximate surface area is 174 Å². The van der Waals surface area contributed by atoms with Crippen molar-refractivity contribution in [1.29, 1.82) is 0 Å². The third-order valence-corrected chi connectivity index (χ3v) is 7.16. The zero-order valence-electron chi connectivity index (χ0n) is 18.0. The highest BCUT2D eigenvalue weighted by molar-refractivity contribution is 5.45. The molecule has 1 aromatic rings. The second kappa shape index (κ2) is 8.80. The maximum Gasteiger partial charge on any atom is 0.161 e. The third-order valence-electron chi connectivity index (χ3n) is 7.16. The van der Waals surface area contributed by atoms with Crippen molar-refractivity contribution in [3.63, 3.8) is 0 Å². The van der Waals surface area contributed by atoms with Crippen molar-refractivity contribution in [2.75, 3.05) is 40.0 Å².